The van der Waals surface area contributed by atoms with E-state index in [4.69, 9.17) is 9.47 Å². The lowest BCUT2D eigenvalue weighted by Crippen LogP contribution is -2.35. The largest absolute Gasteiger partial charge is 0.466 e. The number of nitrogens with zero attached hydrogens (tertiary/aromatic N) is 1. The summed E-state index contributed by atoms with van der Waals surface area (Å²) < 4.78 is 15.2. The number of non-ortho nitro benzene ring substituents is 1. The van der Waals surface area contributed by atoms with Gasteiger partial charge in [0.25, 0.3) is 5.69 Å². The van der Waals surface area contributed by atoms with Crippen molar-refractivity contribution >= 4 is 23.6 Å². The molecule has 0 saturated heterocycles. The molecule has 2 rings (SSSR count). The smallest absolute Gasteiger partial charge is 0.346 e. The Morgan fingerprint density at radius 3 is 2.09 bits per heavy atom. The second-order valence-electron chi connectivity index (χ2n) is 7.51. The van der Waals surface area contributed by atoms with Gasteiger partial charge >= 0.3 is 17.9 Å². The molecule has 0 radical (unpaired) electrons. The Kier molecular flexibility index (Phi) is 7.74. The predicted octanol–water partition coefficient (Wildman–Crippen LogP) is 2.89. The average molecular weight is 446 g/mol. The molecule has 0 aliphatic carbocycles. The molecule has 0 saturated carbocycles. The summed E-state index contributed by atoms with van der Waals surface area (Å²) in [6, 6.07) is 5.63. The minimum absolute atomic E-state index is 0.0301. The van der Waals surface area contributed by atoms with Crippen LogP contribution in [0.25, 0.3) is 0 Å². The molecule has 1 N–H and O–H groups in total. The third kappa shape index (κ3) is 5.32. The molecule has 0 spiro atoms. The van der Waals surface area contributed by atoms with E-state index in [-0.39, 0.29) is 16.8 Å². The lowest BCUT2D eigenvalue weighted by molar-refractivity contribution is -0.384. The number of benzene rings is 1. The summed E-state index contributed by atoms with van der Waals surface area (Å²) in [5, 5.41) is 14.3. The number of nitro groups is 1. The van der Waals surface area contributed by atoms with Gasteiger partial charge in [0.05, 0.1) is 35.2 Å². The number of ether oxygens (including phenoxy) is 3. The molecule has 1 aliphatic heterocycles. The van der Waals surface area contributed by atoms with E-state index in [1.54, 1.807) is 33.8 Å². The maximum absolute atomic E-state index is 13.1. The number of rotatable bonds is 7. The molecule has 1 aromatic carbocycles. The Morgan fingerprint density at radius 1 is 1.03 bits per heavy atom. The second kappa shape index (κ2) is 10.1. The molecule has 2 atom stereocenters. The fourth-order valence-corrected chi connectivity index (χ4v) is 3.40. The van der Waals surface area contributed by atoms with Crippen LogP contribution >= 0.6 is 0 Å². The van der Waals surface area contributed by atoms with Crippen molar-refractivity contribution in [2.75, 3.05) is 7.11 Å². The van der Waals surface area contributed by atoms with Crippen LogP contribution in [0.4, 0.5) is 5.69 Å². The van der Waals surface area contributed by atoms with Gasteiger partial charge in [0, 0.05) is 23.5 Å². The molecule has 10 heteroatoms. The van der Waals surface area contributed by atoms with E-state index in [9.17, 15) is 24.5 Å². The maximum atomic E-state index is 13.1. The maximum Gasteiger partial charge on any atom is 0.346 e. The minimum Gasteiger partial charge on any atom is -0.466 e. The Bertz CT molecular complexity index is 1010. The monoisotopic (exact) mass is 446 g/mol. The van der Waals surface area contributed by atoms with Crippen molar-refractivity contribution in [3.8, 4) is 0 Å². The summed E-state index contributed by atoms with van der Waals surface area (Å²) in [5.74, 6) is -3.31. The van der Waals surface area contributed by atoms with Gasteiger partial charge in [-0.1, -0.05) is 12.1 Å². The first-order chi connectivity index (χ1) is 15.0. The number of carbonyl (C=O) groups excluding carboxylic acids is 3. The number of nitrogens with one attached hydrogen (secondary N) is 1. The van der Waals surface area contributed by atoms with Gasteiger partial charge in [0.2, 0.25) is 0 Å². The predicted molar refractivity (Wildman–Crippen MR) is 113 cm³/mol. The number of dihydropyridines is 1. The molecule has 1 aliphatic rings. The SMILES string of the molecule is COC(=O)C(C)OC(=O)C1=C(C)NC(C)=C(C(=O)OC(C)C)C1c1cccc([N+](=O)[O-])c1. The zero-order valence-corrected chi connectivity index (χ0v) is 18.8. The molecule has 0 aromatic heterocycles. The molecule has 0 amide bonds. The number of esters is 3. The van der Waals surface area contributed by atoms with Crippen molar-refractivity contribution in [1.29, 1.82) is 0 Å². The molecule has 2 unspecified atom stereocenters. The van der Waals surface area contributed by atoms with Crippen LogP contribution < -0.4 is 5.32 Å². The molecule has 32 heavy (non-hydrogen) atoms. The molecular weight excluding hydrogens is 420 g/mol. The molecule has 0 fully saturated rings. The number of nitro benzene ring substituents is 1. The summed E-state index contributed by atoms with van der Waals surface area (Å²) in [7, 11) is 1.16. The van der Waals surface area contributed by atoms with Gasteiger partial charge in [0.1, 0.15) is 0 Å². The average Bonchev–Trinajstić information content (AvgIpc) is 2.71. The molecule has 10 nitrogen and oxygen atoms in total. The topological polar surface area (TPSA) is 134 Å². The van der Waals surface area contributed by atoms with Crippen molar-refractivity contribution in [3.05, 3.63) is 62.5 Å². The summed E-state index contributed by atoms with van der Waals surface area (Å²) >= 11 is 0. The van der Waals surface area contributed by atoms with Crippen molar-refractivity contribution in [2.24, 2.45) is 0 Å². The summed E-state index contributed by atoms with van der Waals surface area (Å²) in [4.78, 5) is 48.6. The van der Waals surface area contributed by atoms with Gasteiger partial charge in [-0.25, -0.2) is 14.4 Å². The van der Waals surface area contributed by atoms with Crippen molar-refractivity contribution in [2.45, 2.75) is 52.7 Å². The number of allylic oxidation sites excluding steroid dienone is 2. The first-order valence-corrected chi connectivity index (χ1v) is 9.90. The zero-order valence-electron chi connectivity index (χ0n) is 18.8. The van der Waals surface area contributed by atoms with Gasteiger partial charge < -0.3 is 19.5 Å². The van der Waals surface area contributed by atoms with Gasteiger partial charge in [0.15, 0.2) is 6.10 Å². The van der Waals surface area contributed by atoms with Crippen LogP contribution in [0.1, 0.15) is 46.1 Å². The zero-order chi connectivity index (χ0) is 24.2. The van der Waals surface area contributed by atoms with Crippen molar-refractivity contribution < 1.29 is 33.5 Å². The fourth-order valence-electron chi connectivity index (χ4n) is 3.40. The van der Waals surface area contributed by atoms with E-state index in [0.29, 0.717) is 17.0 Å². The Hall–Kier alpha value is -3.69. The highest BCUT2D eigenvalue weighted by atomic mass is 16.6. The van der Waals surface area contributed by atoms with Crippen LogP contribution in [-0.4, -0.2) is 42.1 Å². The van der Waals surface area contributed by atoms with Crippen LogP contribution in [0.2, 0.25) is 0 Å². The standard InChI is InChI=1S/C22H26N2O8/c1-11(2)31-21(26)17-12(3)23-13(4)18(22(27)32-14(5)20(25)30-6)19(17)15-8-7-9-16(10-15)24(28)29/h7-11,14,19,23H,1-6H3. The van der Waals surface area contributed by atoms with Crippen LogP contribution in [-0.2, 0) is 28.6 Å². The van der Waals surface area contributed by atoms with E-state index in [2.05, 4.69) is 10.1 Å². The van der Waals surface area contributed by atoms with Crippen LogP contribution in [0.5, 0.6) is 0 Å². The highest BCUT2D eigenvalue weighted by Gasteiger charge is 2.39. The highest BCUT2D eigenvalue weighted by Crippen LogP contribution is 2.40. The molecule has 1 aromatic rings. The molecular formula is C22H26N2O8. The fraction of sp³-hybridized carbons (Fsp3) is 0.409. The van der Waals surface area contributed by atoms with E-state index >= 15 is 0 Å². The lowest BCUT2D eigenvalue weighted by Gasteiger charge is -2.31. The summed E-state index contributed by atoms with van der Waals surface area (Å²) in [5.41, 5.74) is 1.07. The molecule has 1 heterocycles. The Balaban J connectivity index is 2.64. The molecule has 0 bridgehead atoms. The first-order valence-electron chi connectivity index (χ1n) is 9.90. The molecule has 172 valence electrons. The normalized spacial score (nSPS) is 16.9. The van der Waals surface area contributed by atoms with E-state index in [1.165, 1.54) is 25.1 Å². The first kappa shape index (κ1) is 24.6. The van der Waals surface area contributed by atoms with Gasteiger partial charge in [-0.15, -0.1) is 0 Å². The van der Waals surface area contributed by atoms with Crippen molar-refractivity contribution in [3.63, 3.8) is 0 Å². The van der Waals surface area contributed by atoms with Crippen LogP contribution in [0, 0.1) is 10.1 Å². The summed E-state index contributed by atoms with van der Waals surface area (Å²) in [6.07, 6.45) is -1.63. The number of hydrogen-bond donors (Lipinski definition) is 1. The summed E-state index contributed by atoms with van der Waals surface area (Å²) in [6.45, 7) is 7.97. The minimum atomic E-state index is -1.20. The van der Waals surface area contributed by atoms with Gasteiger partial charge in [-0.2, -0.15) is 0 Å². The Labute approximate surface area is 185 Å². The number of methoxy groups -OCH3 is 1. The number of carbonyl (C=O) groups is 3. The van der Waals surface area contributed by atoms with Crippen LogP contribution in [0.15, 0.2) is 46.8 Å². The highest BCUT2D eigenvalue weighted by molar-refractivity contribution is 6.00. The van der Waals surface area contributed by atoms with E-state index < -0.39 is 41.0 Å². The van der Waals surface area contributed by atoms with E-state index in [1.807, 2.05) is 0 Å². The van der Waals surface area contributed by atoms with Crippen LogP contribution in [0.3, 0.4) is 0 Å². The third-order valence-corrected chi connectivity index (χ3v) is 4.77. The van der Waals surface area contributed by atoms with Gasteiger partial charge in [-0.05, 0) is 40.2 Å². The second-order valence-corrected chi connectivity index (χ2v) is 7.51. The quantitative estimate of drug-likeness (QED) is 0.290. The number of hydrogen-bond acceptors (Lipinski definition) is 9. The lowest BCUT2D eigenvalue weighted by atomic mass is 9.80. The third-order valence-electron chi connectivity index (χ3n) is 4.77. The van der Waals surface area contributed by atoms with Crippen molar-refractivity contribution in [1.82, 2.24) is 5.32 Å². The van der Waals surface area contributed by atoms with Gasteiger partial charge in [-0.3, -0.25) is 10.1 Å². The Morgan fingerprint density at radius 2 is 1.59 bits per heavy atom. The van der Waals surface area contributed by atoms with E-state index in [0.717, 1.165) is 7.11 Å².